The van der Waals surface area contributed by atoms with E-state index in [4.69, 9.17) is 21.1 Å². The summed E-state index contributed by atoms with van der Waals surface area (Å²) in [5, 5.41) is 4.93. The lowest BCUT2D eigenvalue weighted by Gasteiger charge is -2.11. The van der Waals surface area contributed by atoms with Crippen molar-refractivity contribution in [3.63, 3.8) is 0 Å². The fourth-order valence-corrected chi connectivity index (χ4v) is 4.76. The van der Waals surface area contributed by atoms with E-state index in [9.17, 15) is 4.79 Å². The van der Waals surface area contributed by atoms with Crippen LogP contribution >= 0.6 is 34.3 Å². The number of nitrogens with zero attached hydrogens (tertiary/aromatic N) is 2. The minimum Gasteiger partial charge on any atom is -0.497 e. The molecule has 0 fully saturated rings. The summed E-state index contributed by atoms with van der Waals surface area (Å²) in [6.45, 7) is 4.00. The summed E-state index contributed by atoms with van der Waals surface area (Å²) < 4.78 is 9.91. The molecule has 0 radical (unpaired) electrons. The standard InChI is InChI=1S/C18H18ClN3O3S2/c1-9-13(26-16(20-9)11-5-7-12(24-3)8-6-11)10(2)21-18-22-15(19)14(27-18)17(23)25-4/h5-8,10H,1-4H3,(H,21,22). The molecule has 0 bridgehead atoms. The third-order valence-corrected chi connectivity index (χ3v) is 6.60. The molecule has 0 aliphatic rings. The van der Waals surface area contributed by atoms with Crippen molar-refractivity contribution in [1.82, 2.24) is 9.97 Å². The van der Waals surface area contributed by atoms with Crippen LogP contribution in [0.3, 0.4) is 0 Å². The molecule has 6 nitrogen and oxygen atoms in total. The average molecular weight is 424 g/mol. The van der Waals surface area contributed by atoms with Crippen molar-refractivity contribution in [3.8, 4) is 16.3 Å². The van der Waals surface area contributed by atoms with Crippen LogP contribution in [0.25, 0.3) is 10.6 Å². The molecule has 0 aliphatic heterocycles. The van der Waals surface area contributed by atoms with Crippen molar-refractivity contribution in [2.45, 2.75) is 19.9 Å². The third-order valence-electron chi connectivity index (χ3n) is 3.86. The van der Waals surface area contributed by atoms with Gasteiger partial charge in [0.2, 0.25) is 0 Å². The molecule has 0 spiro atoms. The average Bonchev–Trinajstić information content (AvgIpc) is 3.23. The molecule has 9 heteroatoms. The van der Waals surface area contributed by atoms with Crippen LogP contribution in [0.1, 0.15) is 33.2 Å². The van der Waals surface area contributed by atoms with E-state index in [0.717, 1.165) is 26.9 Å². The van der Waals surface area contributed by atoms with Gasteiger partial charge in [-0.05, 0) is 38.1 Å². The van der Waals surface area contributed by atoms with Crippen LogP contribution in [-0.4, -0.2) is 30.2 Å². The van der Waals surface area contributed by atoms with Gasteiger partial charge in [0.1, 0.15) is 10.8 Å². The van der Waals surface area contributed by atoms with E-state index in [1.807, 2.05) is 38.1 Å². The van der Waals surface area contributed by atoms with Gasteiger partial charge in [-0.25, -0.2) is 14.8 Å². The number of thiazole rings is 2. The molecular weight excluding hydrogens is 406 g/mol. The summed E-state index contributed by atoms with van der Waals surface area (Å²) in [7, 11) is 2.96. The molecule has 3 aromatic rings. The molecule has 2 aromatic heterocycles. The normalized spacial score (nSPS) is 11.9. The molecule has 0 aliphatic carbocycles. The Labute approximate surface area is 170 Å². The van der Waals surface area contributed by atoms with Crippen LogP contribution in [0.15, 0.2) is 24.3 Å². The summed E-state index contributed by atoms with van der Waals surface area (Å²) in [5.74, 6) is 0.318. The maximum absolute atomic E-state index is 11.7. The van der Waals surface area contributed by atoms with Crippen LogP contribution in [0.5, 0.6) is 5.75 Å². The molecule has 0 saturated carbocycles. The largest absolute Gasteiger partial charge is 0.497 e. The van der Waals surface area contributed by atoms with Crippen molar-refractivity contribution in [3.05, 3.63) is 44.9 Å². The molecule has 142 valence electrons. The zero-order valence-corrected chi connectivity index (χ0v) is 17.6. The topological polar surface area (TPSA) is 73.3 Å². The van der Waals surface area contributed by atoms with Crippen LogP contribution in [-0.2, 0) is 4.74 Å². The van der Waals surface area contributed by atoms with E-state index in [-0.39, 0.29) is 16.1 Å². The Hall–Kier alpha value is -2.16. The quantitative estimate of drug-likeness (QED) is 0.549. The predicted octanol–water partition coefficient (Wildman–Crippen LogP) is 5.20. The zero-order valence-electron chi connectivity index (χ0n) is 15.2. The van der Waals surface area contributed by atoms with Gasteiger partial charge in [0.25, 0.3) is 0 Å². The van der Waals surface area contributed by atoms with Crippen LogP contribution in [0.2, 0.25) is 5.15 Å². The highest BCUT2D eigenvalue weighted by Crippen LogP contribution is 2.35. The Balaban J connectivity index is 1.80. The smallest absolute Gasteiger partial charge is 0.351 e. The van der Waals surface area contributed by atoms with Gasteiger partial charge in [0, 0.05) is 5.56 Å². The molecule has 1 unspecified atom stereocenters. The van der Waals surface area contributed by atoms with Gasteiger partial charge in [-0.1, -0.05) is 22.9 Å². The Morgan fingerprint density at radius 1 is 1.19 bits per heavy atom. The van der Waals surface area contributed by atoms with Gasteiger partial charge in [-0.2, -0.15) is 0 Å². The number of ether oxygens (including phenoxy) is 2. The summed E-state index contributed by atoms with van der Waals surface area (Å²) in [6, 6.07) is 7.77. The summed E-state index contributed by atoms with van der Waals surface area (Å²) in [4.78, 5) is 21.9. The Morgan fingerprint density at radius 2 is 1.89 bits per heavy atom. The van der Waals surface area contributed by atoms with Gasteiger partial charge < -0.3 is 14.8 Å². The lowest BCUT2D eigenvalue weighted by Crippen LogP contribution is -2.05. The number of hydrogen-bond donors (Lipinski definition) is 1. The van der Waals surface area contributed by atoms with Gasteiger partial charge in [0.05, 0.1) is 30.8 Å². The van der Waals surface area contributed by atoms with Gasteiger partial charge >= 0.3 is 5.97 Å². The number of hydrogen-bond acceptors (Lipinski definition) is 8. The zero-order chi connectivity index (χ0) is 19.6. The summed E-state index contributed by atoms with van der Waals surface area (Å²) >= 11 is 8.81. The number of aromatic nitrogens is 2. The van der Waals surface area contributed by atoms with E-state index < -0.39 is 5.97 Å². The van der Waals surface area contributed by atoms with Gasteiger partial charge in [-0.15, -0.1) is 11.3 Å². The van der Waals surface area contributed by atoms with Crippen molar-refractivity contribution in [1.29, 1.82) is 0 Å². The highest BCUT2D eigenvalue weighted by Gasteiger charge is 2.20. The van der Waals surface area contributed by atoms with Gasteiger partial charge in [0.15, 0.2) is 15.2 Å². The van der Waals surface area contributed by atoms with Crippen molar-refractivity contribution >= 4 is 45.4 Å². The molecule has 27 heavy (non-hydrogen) atoms. The third kappa shape index (κ3) is 4.23. The molecule has 0 saturated heterocycles. The highest BCUT2D eigenvalue weighted by molar-refractivity contribution is 7.18. The number of methoxy groups -OCH3 is 2. The predicted molar refractivity (Wildman–Crippen MR) is 109 cm³/mol. The van der Waals surface area contributed by atoms with E-state index in [1.54, 1.807) is 18.4 Å². The fraction of sp³-hybridized carbons (Fsp3) is 0.278. The van der Waals surface area contributed by atoms with Crippen molar-refractivity contribution in [2.24, 2.45) is 0 Å². The number of carbonyl (C=O) groups excluding carboxylic acids is 1. The number of nitrogens with one attached hydrogen (secondary N) is 1. The van der Waals surface area contributed by atoms with Gasteiger partial charge in [-0.3, -0.25) is 0 Å². The minimum atomic E-state index is -0.492. The molecule has 2 heterocycles. The molecule has 1 aromatic carbocycles. The molecular formula is C18H18ClN3O3S2. The summed E-state index contributed by atoms with van der Waals surface area (Å²) in [5.41, 5.74) is 1.98. The maximum Gasteiger partial charge on any atom is 0.351 e. The lowest BCUT2D eigenvalue weighted by molar-refractivity contribution is 0.0606. The van der Waals surface area contributed by atoms with Crippen molar-refractivity contribution in [2.75, 3.05) is 19.5 Å². The molecule has 1 atom stereocenters. The first-order valence-corrected chi connectivity index (χ1v) is 10.1. The Morgan fingerprint density at radius 3 is 2.52 bits per heavy atom. The second-order valence-electron chi connectivity index (χ2n) is 5.69. The van der Waals surface area contributed by atoms with Crippen LogP contribution in [0.4, 0.5) is 5.13 Å². The Kier molecular flexibility index (Phi) is 5.98. The van der Waals surface area contributed by atoms with E-state index >= 15 is 0 Å². The summed E-state index contributed by atoms with van der Waals surface area (Å²) in [6.07, 6.45) is 0. The number of halogens is 1. The van der Waals surface area contributed by atoms with Crippen LogP contribution in [0, 0.1) is 6.92 Å². The molecule has 1 N–H and O–H groups in total. The number of anilines is 1. The monoisotopic (exact) mass is 423 g/mol. The first kappa shape index (κ1) is 19.6. The number of benzene rings is 1. The second kappa shape index (κ2) is 8.24. The number of rotatable bonds is 6. The van der Waals surface area contributed by atoms with E-state index in [0.29, 0.717) is 5.13 Å². The number of aryl methyl sites for hydroxylation is 1. The minimum absolute atomic E-state index is 0.0396. The fourth-order valence-electron chi connectivity index (χ4n) is 2.50. The SMILES string of the molecule is COC(=O)c1sc(NC(C)c2sc(-c3ccc(OC)cc3)nc2C)nc1Cl. The maximum atomic E-state index is 11.7. The number of carbonyl (C=O) groups is 1. The highest BCUT2D eigenvalue weighted by atomic mass is 35.5. The Bertz CT molecular complexity index is 953. The van der Waals surface area contributed by atoms with E-state index in [1.165, 1.54) is 18.4 Å². The van der Waals surface area contributed by atoms with E-state index in [2.05, 4.69) is 15.3 Å². The van der Waals surface area contributed by atoms with Crippen LogP contribution < -0.4 is 10.1 Å². The second-order valence-corrected chi connectivity index (χ2v) is 8.08. The first-order chi connectivity index (χ1) is 12.9. The van der Waals surface area contributed by atoms with Crippen molar-refractivity contribution < 1.29 is 14.3 Å². The molecule has 0 amide bonds. The number of esters is 1. The molecule has 3 rings (SSSR count). The first-order valence-electron chi connectivity index (χ1n) is 8.05. The lowest BCUT2D eigenvalue weighted by atomic mass is 10.2.